The first-order valence-corrected chi connectivity index (χ1v) is 9.65. The van der Waals surface area contributed by atoms with Gasteiger partial charge in [0.05, 0.1) is 16.3 Å². The van der Waals surface area contributed by atoms with Crippen LogP contribution in [0.3, 0.4) is 0 Å². The number of nitrogens with zero attached hydrogens (tertiary/aromatic N) is 3. The summed E-state index contributed by atoms with van der Waals surface area (Å²) in [4.78, 5) is 8.31. The highest BCUT2D eigenvalue weighted by Crippen LogP contribution is 2.33. The summed E-state index contributed by atoms with van der Waals surface area (Å²) in [6.45, 7) is 4.03. The molecule has 1 aromatic carbocycles. The first-order chi connectivity index (χ1) is 13.3. The molecular weight excluding hydrogens is 409 g/mol. The zero-order valence-corrected chi connectivity index (χ0v) is 16.6. The molecule has 0 radical (unpaired) electrons. The number of pyridine rings is 1. The predicted octanol–water partition coefficient (Wildman–Crippen LogP) is 4.31. The van der Waals surface area contributed by atoms with Crippen LogP contribution in [0.2, 0.25) is 5.02 Å². The maximum absolute atomic E-state index is 12.9. The van der Waals surface area contributed by atoms with Crippen LogP contribution in [0, 0.1) is 0 Å². The molecule has 1 fully saturated rings. The molecule has 1 aliphatic rings. The maximum atomic E-state index is 12.9. The number of halogens is 4. The minimum atomic E-state index is -4.43. The lowest BCUT2D eigenvalue weighted by Gasteiger charge is -2.36. The second-order valence-electron chi connectivity index (χ2n) is 6.56. The molecule has 28 heavy (non-hydrogen) atoms. The van der Waals surface area contributed by atoms with Crippen molar-refractivity contribution in [3.63, 3.8) is 0 Å². The van der Waals surface area contributed by atoms with Crippen LogP contribution in [0.4, 0.5) is 18.9 Å². The molecule has 150 valence electrons. The van der Waals surface area contributed by atoms with E-state index in [2.05, 4.69) is 15.2 Å². The lowest BCUT2D eigenvalue weighted by atomic mass is 10.2. The molecule has 1 saturated heterocycles. The highest BCUT2D eigenvalue weighted by atomic mass is 35.5. The summed E-state index contributed by atoms with van der Waals surface area (Å²) >= 11 is 11.4. The summed E-state index contributed by atoms with van der Waals surface area (Å²) in [6, 6.07) is 7.19. The molecule has 1 aromatic heterocycles. The fourth-order valence-electron chi connectivity index (χ4n) is 3.00. The number of benzene rings is 1. The van der Waals surface area contributed by atoms with Gasteiger partial charge in [0.15, 0.2) is 5.11 Å². The van der Waals surface area contributed by atoms with E-state index < -0.39 is 11.7 Å². The highest BCUT2D eigenvalue weighted by Gasteiger charge is 2.31. The van der Waals surface area contributed by atoms with E-state index in [1.165, 1.54) is 11.6 Å². The van der Waals surface area contributed by atoms with Gasteiger partial charge in [-0.15, -0.1) is 0 Å². The number of aromatic nitrogens is 1. The number of alkyl halides is 3. The molecule has 1 aliphatic heterocycles. The second-order valence-corrected chi connectivity index (χ2v) is 7.35. The van der Waals surface area contributed by atoms with E-state index in [4.69, 9.17) is 23.8 Å². The van der Waals surface area contributed by atoms with Crippen LogP contribution in [0.5, 0.6) is 0 Å². The van der Waals surface area contributed by atoms with Crippen molar-refractivity contribution in [2.24, 2.45) is 0 Å². The van der Waals surface area contributed by atoms with Crippen LogP contribution < -0.4 is 5.32 Å². The Morgan fingerprint density at radius 2 is 1.79 bits per heavy atom. The largest absolute Gasteiger partial charge is 0.416 e. The zero-order valence-electron chi connectivity index (χ0n) is 15.0. The van der Waals surface area contributed by atoms with Crippen molar-refractivity contribution in [1.29, 1.82) is 0 Å². The third kappa shape index (κ3) is 5.56. The van der Waals surface area contributed by atoms with Crippen molar-refractivity contribution in [1.82, 2.24) is 14.8 Å². The summed E-state index contributed by atoms with van der Waals surface area (Å²) in [7, 11) is 0. The van der Waals surface area contributed by atoms with Crippen LogP contribution in [-0.2, 0) is 12.6 Å². The molecule has 0 bridgehead atoms. The third-order valence-corrected chi connectivity index (χ3v) is 5.35. The lowest BCUT2D eigenvalue weighted by molar-refractivity contribution is -0.137. The first kappa shape index (κ1) is 20.8. The van der Waals surface area contributed by atoms with Gasteiger partial charge in [-0.05, 0) is 54.5 Å². The zero-order chi connectivity index (χ0) is 20.1. The summed E-state index contributed by atoms with van der Waals surface area (Å²) in [5.74, 6) is 0. The van der Waals surface area contributed by atoms with Gasteiger partial charge >= 0.3 is 6.18 Å². The number of hydrogen-bond acceptors (Lipinski definition) is 3. The van der Waals surface area contributed by atoms with Crippen LogP contribution in [0.25, 0.3) is 0 Å². The summed E-state index contributed by atoms with van der Waals surface area (Å²) in [5.41, 5.74) is 0.651. The Morgan fingerprint density at radius 1 is 1.11 bits per heavy atom. The molecule has 0 unspecified atom stereocenters. The summed E-state index contributed by atoms with van der Waals surface area (Å²) in [5, 5.41) is 3.45. The standard InChI is InChI=1S/C19H20ClF3N4S/c20-16-2-1-15(19(21,22)23)13-17(16)25-18(28)27-11-9-26(10-12-27)8-5-14-3-6-24-7-4-14/h1-4,6-7,13H,5,8-12H2,(H,25,28). The molecule has 0 amide bonds. The second kappa shape index (κ2) is 9.07. The normalized spacial score (nSPS) is 15.5. The Bertz CT molecular complexity index is 809. The van der Waals surface area contributed by atoms with Gasteiger partial charge in [0.25, 0.3) is 0 Å². The average Bonchev–Trinajstić information content (AvgIpc) is 2.68. The van der Waals surface area contributed by atoms with Gasteiger partial charge in [0.1, 0.15) is 0 Å². The van der Waals surface area contributed by atoms with Crippen molar-refractivity contribution < 1.29 is 13.2 Å². The van der Waals surface area contributed by atoms with Crippen molar-refractivity contribution in [3.8, 4) is 0 Å². The summed E-state index contributed by atoms with van der Waals surface area (Å²) in [6.07, 6.45) is 0.0979. The predicted molar refractivity (Wildman–Crippen MR) is 109 cm³/mol. The monoisotopic (exact) mass is 428 g/mol. The fourth-order valence-corrected chi connectivity index (χ4v) is 3.46. The average molecular weight is 429 g/mol. The van der Waals surface area contributed by atoms with Crippen LogP contribution in [0.1, 0.15) is 11.1 Å². The quantitative estimate of drug-likeness (QED) is 0.733. The number of hydrogen-bond donors (Lipinski definition) is 1. The van der Waals surface area contributed by atoms with Crippen molar-refractivity contribution in [2.45, 2.75) is 12.6 Å². The Balaban J connectivity index is 1.51. The molecule has 0 saturated carbocycles. The maximum Gasteiger partial charge on any atom is 0.416 e. The smallest absolute Gasteiger partial charge is 0.346 e. The van der Waals surface area contributed by atoms with Gasteiger partial charge in [-0.3, -0.25) is 9.88 Å². The Morgan fingerprint density at radius 3 is 2.43 bits per heavy atom. The van der Waals surface area contributed by atoms with Crippen LogP contribution in [-0.4, -0.2) is 52.6 Å². The van der Waals surface area contributed by atoms with E-state index in [0.29, 0.717) is 18.2 Å². The van der Waals surface area contributed by atoms with Gasteiger partial charge in [0, 0.05) is 45.1 Å². The minimum Gasteiger partial charge on any atom is -0.346 e. The van der Waals surface area contributed by atoms with E-state index in [0.717, 1.165) is 38.2 Å². The molecule has 0 aliphatic carbocycles. The van der Waals surface area contributed by atoms with E-state index >= 15 is 0 Å². The van der Waals surface area contributed by atoms with Crippen molar-refractivity contribution in [2.75, 3.05) is 38.0 Å². The fraction of sp³-hybridized carbons (Fsp3) is 0.368. The Labute approximate surface area is 172 Å². The summed E-state index contributed by atoms with van der Waals surface area (Å²) < 4.78 is 38.7. The number of piperazine rings is 1. The third-order valence-electron chi connectivity index (χ3n) is 4.66. The SMILES string of the molecule is FC(F)(F)c1ccc(Cl)c(NC(=S)N2CCN(CCc3ccncc3)CC2)c1. The molecule has 0 atom stereocenters. The molecule has 9 heteroatoms. The first-order valence-electron chi connectivity index (χ1n) is 8.87. The molecule has 4 nitrogen and oxygen atoms in total. The molecule has 1 N–H and O–H groups in total. The lowest BCUT2D eigenvalue weighted by Crippen LogP contribution is -2.50. The van der Waals surface area contributed by atoms with Crippen molar-refractivity contribution in [3.05, 3.63) is 58.9 Å². The number of thiocarbonyl (C=S) groups is 1. The molecule has 2 aromatic rings. The van der Waals surface area contributed by atoms with E-state index in [-0.39, 0.29) is 10.7 Å². The van der Waals surface area contributed by atoms with Gasteiger partial charge < -0.3 is 10.2 Å². The number of rotatable bonds is 4. The van der Waals surface area contributed by atoms with E-state index in [9.17, 15) is 13.2 Å². The molecule has 0 spiro atoms. The van der Waals surface area contributed by atoms with Crippen molar-refractivity contribution >= 4 is 34.6 Å². The van der Waals surface area contributed by atoms with Gasteiger partial charge in [-0.2, -0.15) is 13.2 Å². The topological polar surface area (TPSA) is 31.4 Å². The number of nitrogens with one attached hydrogen (secondary N) is 1. The molecular formula is C19H20ClF3N4S. The van der Waals surface area contributed by atoms with Gasteiger partial charge in [-0.1, -0.05) is 11.6 Å². The Hall–Kier alpha value is -1.90. The van der Waals surface area contributed by atoms with E-state index in [1.54, 1.807) is 12.4 Å². The molecule has 3 rings (SSSR count). The van der Waals surface area contributed by atoms with Gasteiger partial charge in [-0.25, -0.2) is 0 Å². The Kier molecular flexibility index (Phi) is 6.74. The van der Waals surface area contributed by atoms with E-state index in [1.807, 2.05) is 17.0 Å². The minimum absolute atomic E-state index is 0.168. The highest BCUT2D eigenvalue weighted by molar-refractivity contribution is 7.80. The molecule has 2 heterocycles. The number of anilines is 1. The van der Waals surface area contributed by atoms with Crippen LogP contribution in [0.15, 0.2) is 42.7 Å². The van der Waals surface area contributed by atoms with Gasteiger partial charge in [0.2, 0.25) is 0 Å². The van der Waals surface area contributed by atoms with Crippen LogP contribution >= 0.6 is 23.8 Å².